The van der Waals surface area contributed by atoms with Gasteiger partial charge in [0.2, 0.25) is 5.91 Å². The summed E-state index contributed by atoms with van der Waals surface area (Å²) in [5.74, 6) is -2.13. The molecular formula is C19H20F2N2O3. The summed E-state index contributed by atoms with van der Waals surface area (Å²) in [4.78, 5) is 25.4. The van der Waals surface area contributed by atoms with Gasteiger partial charge in [0.1, 0.15) is 5.75 Å². The van der Waals surface area contributed by atoms with E-state index in [1.165, 1.54) is 17.9 Å². The molecule has 0 atom stereocenters. The molecule has 2 amide bonds. The Labute approximate surface area is 150 Å². The molecule has 2 rings (SSSR count). The lowest BCUT2D eigenvalue weighted by Crippen LogP contribution is -2.37. The van der Waals surface area contributed by atoms with Gasteiger partial charge < -0.3 is 15.0 Å². The largest absolute Gasteiger partial charge is 0.494 e. The van der Waals surface area contributed by atoms with E-state index in [9.17, 15) is 18.4 Å². The number of rotatable bonds is 7. The highest BCUT2D eigenvalue weighted by Gasteiger charge is 2.13. The fourth-order valence-corrected chi connectivity index (χ4v) is 2.38. The van der Waals surface area contributed by atoms with Crippen LogP contribution in [-0.2, 0) is 4.79 Å². The van der Waals surface area contributed by atoms with Gasteiger partial charge >= 0.3 is 0 Å². The number of ether oxygens (including phenoxy) is 1. The number of carbonyl (C=O) groups excluding carboxylic acids is 2. The summed E-state index contributed by atoms with van der Waals surface area (Å²) in [5.41, 5.74) is 0.683. The van der Waals surface area contributed by atoms with Crippen LogP contribution >= 0.6 is 0 Å². The molecule has 7 heteroatoms. The lowest BCUT2D eigenvalue weighted by molar-refractivity contribution is -0.116. The number of benzene rings is 2. The van der Waals surface area contributed by atoms with E-state index in [2.05, 4.69) is 5.32 Å². The van der Waals surface area contributed by atoms with Crippen molar-refractivity contribution < 1.29 is 23.1 Å². The molecule has 0 spiro atoms. The number of hydrogen-bond donors (Lipinski definition) is 1. The van der Waals surface area contributed by atoms with Crippen LogP contribution in [0.15, 0.2) is 42.5 Å². The van der Waals surface area contributed by atoms with Crippen LogP contribution in [0.4, 0.5) is 14.5 Å². The lowest BCUT2D eigenvalue weighted by atomic mass is 10.2. The minimum Gasteiger partial charge on any atom is -0.494 e. The normalized spacial score (nSPS) is 10.3. The number of nitrogens with zero attached hydrogens (tertiary/aromatic N) is 1. The third-order valence-electron chi connectivity index (χ3n) is 3.64. The summed E-state index contributed by atoms with van der Waals surface area (Å²) >= 11 is 0. The van der Waals surface area contributed by atoms with Crippen LogP contribution in [0, 0.1) is 11.6 Å². The van der Waals surface area contributed by atoms with E-state index in [0.29, 0.717) is 18.0 Å². The minimum atomic E-state index is -1.09. The summed E-state index contributed by atoms with van der Waals surface area (Å²) in [6.07, 6.45) is 0. The molecule has 0 aliphatic carbocycles. The Hall–Kier alpha value is -2.96. The van der Waals surface area contributed by atoms with Gasteiger partial charge in [-0.05, 0) is 49.4 Å². The first kappa shape index (κ1) is 19.4. The van der Waals surface area contributed by atoms with Crippen molar-refractivity contribution in [2.45, 2.75) is 13.8 Å². The Morgan fingerprint density at radius 1 is 1.08 bits per heavy atom. The Bertz CT molecular complexity index is 779. The Kier molecular flexibility index (Phi) is 6.66. The van der Waals surface area contributed by atoms with Gasteiger partial charge in [0.15, 0.2) is 11.6 Å². The van der Waals surface area contributed by atoms with Gasteiger partial charge in [-0.15, -0.1) is 0 Å². The molecule has 2 aromatic carbocycles. The maximum absolute atomic E-state index is 13.2. The van der Waals surface area contributed by atoms with Crippen molar-refractivity contribution in [2.75, 3.05) is 24.6 Å². The maximum atomic E-state index is 13.2. The van der Waals surface area contributed by atoms with Crippen LogP contribution in [0.1, 0.15) is 24.2 Å². The molecule has 0 saturated heterocycles. The SMILES string of the molecule is CCOc1ccc(N(CCNC(=O)c2ccc(F)c(F)c2)C(C)=O)cc1. The zero-order valence-electron chi connectivity index (χ0n) is 14.6. The molecule has 26 heavy (non-hydrogen) atoms. The summed E-state index contributed by atoms with van der Waals surface area (Å²) < 4.78 is 31.5. The molecule has 0 aromatic heterocycles. The van der Waals surface area contributed by atoms with Crippen LogP contribution in [0.3, 0.4) is 0 Å². The van der Waals surface area contributed by atoms with E-state index in [4.69, 9.17) is 4.74 Å². The molecular weight excluding hydrogens is 342 g/mol. The van der Waals surface area contributed by atoms with E-state index < -0.39 is 17.5 Å². The highest BCUT2D eigenvalue weighted by atomic mass is 19.2. The topological polar surface area (TPSA) is 58.6 Å². The van der Waals surface area contributed by atoms with Crippen molar-refractivity contribution in [3.05, 3.63) is 59.7 Å². The summed E-state index contributed by atoms with van der Waals surface area (Å²) in [6.45, 7) is 4.24. The van der Waals surface area contributed by atoms with Crippen molar-refractivity contribution in [3.63, 3.8) is 0 Å². The Balaban J connectivity index is 1.96. The van der Waals surface area contributed by atoms with Crippen molar-refractivity contribution >= 4 is 17.5 Å². The summed E-state index contributed by atoms with van der Waals surface area (Å²) in [7, 11) is 0. The van der Waals surface area contributed by atoms with E-state index in [-0.39, 0.29) is 24.6 Å². The molecule has 5 nitrogen and oxygen atoms in total. The van der Waals surface area contributed by atoms with Crippen LogP contribution in [0.25, 0.3) is 0 Å². The quantitative estimate of drug-likeness (QED) is 0.823. The monoisotopic (exact) mass is 362 g/mol. The van der Waals surface area contributed by atoms with Gasteiger partial charge in [0.05, 0.1) is 6.61 Å². The molecule has 138 valence electrons. The lowest BCUT2D eigenvalue weighted by Gasteiger charge is -2.21. The molecule has 0 unspecified atom stereocenters. The molecule has 0 aliphatic rings. The molecule has 0 fully saturated rings. The Morgan fingerprint density at radius 3 is 2.35 bits per heavy atom. The molecule has 2 aromatic rings. The second-order valence-corrected chi connectivity index (χ2v) is 5.48. The standard InChI is InChI=1S/C19H20F2N2O3/c1-3-26-16-7-5-15(6-8-16)23(13(2)24)11-10-22-19(25)14-4-9-17(20)18(21)12-14/h4-9,12H,3,10-11H2,1-2H3,(H,22,25). The number of amides is 2. The fraction of sp³-hybridized carbons (Fsp3) is 0.263. The van der Waals surface area contributed by atoms with Crippen molar-refractivity contribution in [3.8, 4) is 5.75 Å². The molecule has 0 radical (unpaired) electrons. The van der Waals surface area contributed by atoms with Gasteiger partial charge in [-0.1, -0.05) is 0 Å². The first-order chi connectivity index (χ1) is 12.4. The zero-order valence-corrected chi connectivity index (χ0v) is 14.6. The predicted molar refractivity (Wildman–Crippen MR) is 94.3 cm³/mol. The number of hydrogen-bond acceptors (Lipinski definition) is 3. The van der Waals surface area contributed by atoms with Crippen molar-refractivity contribution in [2.24, 2.45) is 0 Å². The maximum Gasteiger partial charge on any atom is 0.251 e. The van der Waals surface area contributed by atoms with Gasteiger partial charge in [-0.3, -0.25) is 9.59 Å². The summed E-state index contributed by atoms with van der Waals surface area (Å²) in [5, 5.41) is 2.59. The smallest absolute Gasteiger partial charge is 0.251 e. The van der Waals surface area contributed by atoms with E-state index >= 15 is 0 Å². The van der Waals surface area contributed by atoms with E-state index in [1.54, 1.807) is 24.3 Å². The first-order valence-corrected chi connectivity index (χ1v) is 8.16. The summed E-state index contributed by atoms with van der Waals surface area (Å²) in [6, 6.07) is 9.95. The average molecular weight is 362 g/mol. The third kappa shape index (κ3) is 5.02. The van der Waals surface area contributed by atoms with Crippen molar-refractivity contribution in [1.29, 1.82) is 0 Å². The Morgan fingerprint density at radius 2 is 1.77 bits per heavy atom. The molecule has 0 saturated carbocycles. The molecule has 1 N–H and O–H groups in total. The highest BCUT2D eigenvalue weighted by molar-refractivity contribution is 5.94. The molecule has 0 heterocycles. The van der Waals surface area contributed by atoms with Crippen LogP contribution < -0.4 is 15.0 Å². The average Bonchev–Trinajstić information content (AvgIpc) is 2.62. The number of anilines is 1. The number of nitrogens with one attached hydrogen (secondary N) is 1. The second-order valence-electron chi connectivity index (χ2n) is 5.48. The fourth-order valence-electron chi connectivity index (χ4n) is 2.38. The number of carbonyl (C=O) groups is 2. The van der Waals surface area contributed by atoms with Gasteiger partial charge in [0.25, 0.3) is 5.91 Å². The van der Waals surface area contributed by atoms with Gasteiger partial charge in [-0.2, -0.15) is 0 Å². The van der Waals surface area contributed by atoms with Gasteiger partial charge in [0, 0.05) is 31.3 Å². The predicted octanol–water partition coefficient (Wildman–Crippen LogP) is 3.15. The van der Waals surface area contributed by atoms with Crippen LogP contribution in [0.2, 0.25) is 0 Å². The van der Waals surface area contributed by atoms with Crippen LogP contribution in [0.5, 0.6) is 5.75 Å². The van der Waals surface area contributed by atoms with Gasteiger partial charge in [-0.25, -0.2) is 8.78 Å². The molecule has 0 bridgehead atoms. The first-order valence-electron chi connectivity index (χ1n) is 8.16. The zero-order chi connectivity index (χ0) is 19.1. The molecule has 0 aliphatic heterocycles. The second kappa shape index (κ2) is 8.94. The van der Waals surface area contributed by atoms with Crippen LogP contribution in [-0.4, -0.2) is 31.5 Å². The van der Waals surface area contributed by atoms with Crippen molar-refractivity contribution in [1.82, 2.24) is 5.32 Å². The highest BCUT2D eigenvalue weighted by Crippen LogP contribution is 2.19. The third-order valence-corrected chi connectivity index (χ3v) is 3.64. The number of halogens is 2. The van der Waals surface area contributed by atoms with E-state index in [1.807, 2.05) is 6.92 Å². The minimum absolute atomic E-state index is 0.0133. The van der Waals surface area contributed by atoms with E-state index in [0.717, 1.165) is 12.1 Å².